The maximum atomic E-state index is 5.83. The van der Waals surface area contributed by atoms with Crippen LogP contribution in [0.3, 0.4) is 0 Å². The molecule has 0 aliphatic carbocycles. The SMILES string of the molecule is Cl.Nc1cccc(CN2CCCC(n3cncn3)C2)c1. The highest BCUT2D eigenvalue weighted by Gasteiger charge is 2.21. The Hall–Kier alpha value is -1.59. The third-order valence-corrected chi connectivity index (χ3v) is 3.65. The first-order valence-corrected chi connectivity index (χ1v) is 6.72. The van der Waals surface area contributed by atoms with Crippen LogP contribution in [0.4, 0.5) is 5.69 Å². The predicted molar refractivity (Wildman–Crippen MR) is 81.7 cm³/mol. The lowest BCUT2D eigenvalue weighted by atomic mass is 10.0. The van der Waals surface area contributed by atoms with E-state index >= 15 is 0 Å². The molecule has 2 N–H and O–H groups in total. The first-order valence-electron chi connectivity index (χ1n) is 6.72. The molecular formula is C14H20ClN5. The van der Waals surface area contributed by atoms with Gasteiger partial charge < -0.3 is 5.73 Å². The number of aromatic nitrogens is 3. The summed E-state index contributed by atoms with van der Waals surface area (Å²) in [5.74, 6) is 0. The summed E-state index contributed by atoms with van der Waals surface area (Å²) in [6.07, 6.45) is 5.80. The maximum Gasteiger partial charge on any atom is 0.137 e. The summed E-state index contributed by atoms with van der Waals surface area (Å²) in [4.78, 5) is 6.50. The summed E-state index contributed by atoms with van der Waals surface area (Å²) in [6.45, 7) is 3.12. The molecule has 1 aliphatic rings. The quantitative estimate of drug-likeness (QED) is 0.881. The summed E-state index contributed by atoms with van der Waals surface area (Å²) in [7, 11) is 0. The molecule has 1 saturated heterocycles. The second-order valence-corrected chi connectivity index (χ2v) is 5.15. The molecule has 3 rings (SSSR count). The molecule has 0 bridgehead atoms. The van der Waals surface area contributed by atoms with Crippen molar-refractivity contribution in [2.75, 3.05) is 18.8 Å². The average Bonchev–Trinajstić information content (AvgIpc) is 2.93. The number of piperidine rings is 1. The monoisotopic (exact) mass is 293 g/mol. The Balaban J connectivity index is 0.00000147. The van der Waals surface area contributed by atoms with Crippen molar-refractivity contribution in [3.8, 4) is 0 Å². The number of nitrogen functional groups attached to an aromatic ring is 1. The van der Waals surface area contributed by atoms with E-state index in [0.717, 1.165) is 25.3 Å². The number of benzene rings is 1. The number of nitrogens with zero attached hydrogens (tertiary/aromatic N) is 4. The van der Waals surface area contributed by atoms with Gasteiger partial charge in [0.1, 0.15) is 12.7 Å². The number of likely N-dealkylation sites (tertiary alicyclic amines) is 1. The van der Waals surface area contributed by atoms with Crippen LogP contribution in [0.2, 0.25) is 0 Å². The third kappa shape index (κ3) is 3.49. The van der Waals surface area contributed by atoms with Gasteiger partial charge in [-0.15, -0.1) is 12.4 Å². The molecule has 0 radical (unpaired) electrons. The topological polar surface area (TPSA) is 60.0 Å². The minimum Gasteiger partial charge on any atom is -0.399 e. The first kappa shape index (κ1) is 14.8. The molecule has 108 valence electrons. The predicted octanol–water partition coefficient (Wildman–Crippen LogP) is 2.12. The third-order valence-electron chi connectivity index (χ3n) is 3.65. The molecule has 1 unspecified atom stereocenters. The van der Waals surface area contributed by atoms with E-state index in [2.05, 4.69) is 27.1 Å². The van der Waals surface area contributed by atoms with Gasteiger partial charge in [-0.1, -0.05) is 12.1 Å². The molecule has 20 heavy (non-hydrogen) atoms. The van der Waals surface area contributed by atoms with Crippen LogP contribution in [0.1, 0.15) is 24.4 Å². The van der Waals surface area contributed by atoms with Gasteiger partial charge in [-0.25, -0.2) is 9.67 Å². The van der Waals surface area contributed by atoms with Gasteiger partial charge in [0.25, 0.3) is 0 Å². The molecule has 2 heterocycles. The zero-order valence-corrected chi connectivity index (χ0v) is 12.2. The fraction of sp³-hybridized carbons (Fsp3) is 0.429. The Morgan fingerprint density at radius 3 is 3.00 bits per heavy atom. The van der Waals surface area contributed by atoms with Crippen molar-refractivity contribution in [3.05, 3.63) is 42.5 Å². The second kappa shape index (κ2) is 6.72. The van der Waals surface area contributed by atoms with Crippen molar-refractivity contribution in [1.29, 1.82) is 0 Å². The van der Waals surface area contributed by atoms with Crippen molar-refractivity contribution >= 4 is 18.1 Å². The van der Waals surface area contributed by atoms with E-state index in [9.17, 15) is 0 Å². The van der Waals surface area contributed by atoms with Crippen LogP contribution < -0.4 is 5.73 Å². The highest BCUT2D eigenvalue weighted by molar-refractivity contribution is 5.85. The molecule has 0 saturated carbocycles. The van der Waals surface area contributed by atoms with Gasteiger partial charge in [0.05, 0.1) is 6.04 Å². The molecule has 0 amide bonds. The largest absolute Gasteiger partial charge is 0.399 e. The lowest BCUT2D eigenvalue weighted by Gasteiger charge is -2.32. The van der Waals surface area contributed by atoms with Gasteiger partial charge in [0, 0.05) is 18.8 Å². The normalized spacial score (nSPS) is 19.5. The molecule has 1 aliphatic heterocycles. The highest BCUT2D eigenvalue weighted by atomic mass is 35.5. The van der Waals surface area contributed by atoms with Gasteiger partial charge in [-0.3, -0.25) is 4.90 Å². The Labute approximate surface area is 125 Å². The Morgan fingerprint density at radius 2 is 2.25 bits per heavy atom. The molecule has 6 heteroatoms. The van der Waals surface area contributed by atoms with Crippen LogP contribution in [0.15, 0.2) is 36.9 Å². The molecule has 5 nitrogen and oxygen atoms in total. The van der Waals surface area contributed by atoms with Crippen molar-refractivity contribution in [1.82, 2.24) is 19.7 Å². The lowest BCUT2D eigenvalue weighted by Crippen LogP contribution is -2.36. The van der Waals surface area contributed by atoms with Crippen LogP contribution in [0, 0.1) is 0 Å². The second-order valence-electron chi connectivity index (χ2n) is 5.15. The summed E-state index contributed by atoms with van der Waals surface area (Å²) < 4.78 is 1.98. The molecule has 1 atom stereocenters. The summed E-state index contributed by atoms with van der Waals surface area (Å²) in [6, 6.07) is 8.58. The minimum absolute atomic E-state index is 0. The van der Waals surface area contributed by atoms with E-state index in [1.165, 1.54) is 18.4 Å². The van der Waals surface area contributed by atoms with E-state index < -0.39 is 0 Å². The van der Waals surface area contributed by atoms with Gasteiger partial charge in [0.2, 0.25) is 0 Å². The standard InChI is InChI=1S/C14H19N5.ClH/c15-13-4-1-3-12(7-13)8-18-6-2-5-14(9-18)19-11-16-10-17-19;/h1,3-4,7,10-11,14H,2,5-6,8-9,15H2;1H. The fourth-order valence-corrected chi connectivity index (χ4v) is 2.75. The van der Waals surface area contributed by atoms with Crippen LogP contribution in [0.5, 0.6) is 0 Å². The molecule has 1 aromatic carbocycles. The lowest BCUT2D eigenvalue weighted by molar-refractivity contribution is 0.163. The van der Waals surface area contributed by atoms with E-state index in [0.29, 0.717) is 6.04 Å². The van der Waals surface area contributed by atoms with E-state index in [1.807, 2.05) is 23.1 Å². The molecule has 2 aromatic rings. The van der Waals surface area contributed by atoms with Gasteiger partial charge in [-0.2, -0.15) is 5.10 Å². The summed E-state index contributed by atoms with van der Waals surface area (Å²) in [5, 5.41) is 4.25. The molecule has 0 spiro atoms. The van der Waals surface area contributed by atoms with Crippen LogP contribution >= 0.6 is 12.4 Å². The van der Waals surface area contributed by atoms with E-state index in [-0.39, 0.29) is 12.4 Å². The number of nitrogens with two attached hydrogens (primary N) is 1. The molecule has 1 fully saturated rings. The Bertz CT molecular complexity index is 528. The number of anilines is 1. The van der Waals surface area contributed by atoms with Crippen molar-refractivity contribution in [2.45, 2.75) is 25.4 Å². The van der Waals surface area contributed by atoms with E-state index in [1.54, 1.807) is 6.33 Å². The molecular weight excluding hydrogens is 274 g/mol. The van der Waals surface area contributed by atoms with Gasteiger partial charge in [0.15, 0.2) is 0 Å². The minimum atomic E-state index is 0. The molecule has 1 aromatic heterocycles. The maximum absolute atomic E-state index is 5.83. The summed E-state index contributed by atoms with van der Waals surface area (Å²) in [5.41, 5.74) is 7.94. The smallest absolute Gasteiger partial charge is 0.137 e. The van der Waals surface area contributed by atoms with Crippen molar-refractivity contribution < 1.29 is 0 Å². The van der Waals surface area contributed by atoms with Gasteiger partial charge >= 0.3 is 0 Å². The van der Waals surface area contributed by atoms with Crippen LogP contribution in [0.25, 0.3) is 0 Å². The Kier molecular flexibility index (Phi) is 4.98. The van der Waals surface area contributed by atoms with Crippen molar-refractivity contribution in [2.24, 2.45) is 0 Å². The highest BCUT2D eigenvalue weighted by Crippen LogP contribution is 2.22. The van der Waals surface area contributed by atoms with Crippen LogP contribution in [-0.2, 0) is 6.54 Å². The first-order chi connectivity index (χ1) is 9.31. The number of hydrogen-bond acceptors (Lipinski definition) is 4. The Morgan fingerprint density at radius 1 is 1.35 bits per heavy atom. The van der Waals surface area contributed by atoms with E-state index in [4.69, 9.17) is 5.73 Å². The zero-order valence-electron chi connectivity index (χ0n) is 11.4. The fourth-order valence-electron chi connectivity index (χ4n) is 2.75. The van der Waals surface area contributed by atoms with Gasteiger partial charge in [-0.05, 0) is 37.1 Å². The number of rotatable bonds is 3. The summed E-state index contributed by atoms with van der Waals surface area (Å²) >= 11 is 0. The van der Waals surface area contributed by atoms with Crippen LogP contribution in [-0.4, -0.2) is 32.8 Å². The number of halogens is 1. The average molecular weight is 294 g/mol. The number of hydrogen-bond donors (Lipinski definition) is 1. The van der Waals surface area contributed by atoms with Crippen molar-refractivity contribution in [3.63, 3.8) is 0 Å². The zero-order chi connectivity index (χ0) is 13.1.